The zero-order chi connectivity index (χ0) is 13.7. The molecule has 1 atom stereocenters. The first kappa shape index (κ1) is 14.7. The van der Waals surface area contributed by atoms with E-state index in [1.807, 2.05) is 6.07 Å². The summed E-state index contributed by atoms with van der Waals surface area (Å²) in [4.78, 5) is 2.57. The van der Waals surface area contributed by atoms with E-state index in [9.17, 15) is 0 Å². The van der Waals surface area contributed by atoms with Crippen molar-refractivity contribution in [3.8, 4) is 0 Å². The Morgan fingerprint density at radius 1 is 1.32 bits per heavy atom. The van der Waals surface area contributed by atoms with E-state index in [1.54, 1.807) is 0 Å². The van der Waals surface area contributed by atoms with Crippen LogP contribution < -0.4 is 10.2 Å². The molecule has 3 heteroatoms. The largest absolute Gasteiger partial charge is 0.368 e. The van der Waals surface area contributed by atoms with E-state index in [0.29, 0.717) is 6.04 Å². The van der Waals surface area contributed by atoms with Crippen molar-refractivity contribution in [2.45, 2.75) is 52.1 Å². The van der Waals surface area contributed by atoms with Gasteiger partial charge in [-0.3, -0.25) is 0 Å². The average Bonchev–Trinajstić information content (AvgIpc) is 2.46. The van der Waals surface area contributed by atoms with E-state index >= 15 is 0 Å². The lowest BCUT2D eigenvalue weighted by Crippen LogP contribution is -2.40. The van der Waals surface area contributed by atoms with Crippen LogP contribution in [0.25, 0.3) is 0 Å². The Morgan fingerprint density at radius 2 is 2.16 bits per heavy atom. The summed E-state index contributed by atoms with van der Waals surface area (Å²) in [6, 6.07) is 6.98. The molecule has 0 amide bonds. The molecule has 1 heterocycles. The van der Waals surface area contributed by atoms with Gasteiger partial charge in [0.2, 0.25) is 0 Å². The fraction of sp³-hybridized carbons (Fsp3) is 0.625. The van der Waals surface area contributed by atoms with Crippen molar-refractivity contribution in [2.75, 3.05) is 18.0 Å². The van der Waals surface area contributed by atoms with Gasteiger partial charge in [0.25, 0.3) is 0 Å². The van der Waals surface area contributed by atoms with Crippen LogP contribution in [0, 0.1) is 0 Å². The molecule has 0 spiro atoms. The van der Waals surface area contributed by atoms with Crippen molar-refractivity contribution in [3.63, 3.8) is 0 Å². The van der Waals surface area contributed by atoms with Crippen LogP contribution in [0.1, 0.15) is 45.1 Å². The van der Waals surface area contributed by atoms with Crippen molar-refractivity contribution in [1.29, 1.82) is 0 Å². The van der Waals surface area contributed by atoms with Crippen LogP contribution in [-0.4, -0.2) is 19.1 Å². The van der Waals surface area contributed by atoms with E-state index in [-0.39, 0.29) is 0 Å². The SMILES string of the molecule is CCNCc1c(Cl)cccc1N1CCCCC1CC. The predicted molar refractivity (Wildman–Crippen MR) is 84.1 cm³/mol. The molecule has 19 heavy (non-hydrogen) atoms. The van der Waals surface area contributed by atoms with Crippen molar-refractivity contribution >= 4 is 17.3 Å². The molecule has 0 saturated carbocycles. The van der Waals surface area contributed by atoms with Gasteiger partial charge in [0, 0.05) is 35.4 Å². The van der Waals surface area contributed by atoms with Gasteiger partial charge in [-0.25, -0.2) is 0 Å². The smallest absolute Gasteiger partial charge is 0.0471 e. The Balaban J connectivity index is 2.28. The van der Waals surface area contributed by atoms with Crippen LogP contribution in [0.5, 0.6) is 0 Å². The summed E-state index contributed by atoms with van der Waals surface area (Å²) in [5, 5.41) is 4.29. The van der Waals surface area contributed by atoms with Gasteiger partial charge in [0.15, 0.2) is 0 Å². The van der Waals surface area contributed by atoms with Crippen LogP contribution >= 0.6 is 11.6 Å². The third-order valence-electron chi connectivity index (χ3n) is 4.05. The van der Waals surface area contributed by atoms with Crippen LogP contribution in [0.3, 0.4) is 0 Å². The number of hydrogen-bond donors (Lipinski definition) is 1. The monoisotopic (exact) mass is 280 g/mol. The van der Waals surface area contributed by atoms with Crippen LogP contribution in [0.2, 0.25) is 5.02 Å². The molecule has 0 bridgehead atoms. The number of nitrogens with one attached hydrogen (secondary N) is 1. The van der Waals surface area contributed by atoms with Crippen molar-refractivity contribution in [3.05, 3.63) is 28.8 Å². The topological polar surface area (TPSA) is 15.3 Å². The van der Waals surface area contributed by atoms with Gasteiger partial charge in [-0.05, 0) is 44.4 Å². The van der Waals surface area contributed by atoms with E-state index in [0.717, 1.165) is 24.7 Å². The van der Waals surface area contributed by atoms with E-state index in [2.05, 4.69) is 36.2 Å². The van der Waals surface area contributed by atoms with E-state index < -0.39 is 0 Å². The second-order valence-corrected chi connectivity index (χ2v) is 5.68. The molecule has 1 aliphatic heterocycles. The number of piperidine rings is 1. The molecule has 0 aromatic heterocycles. The highest BCUT2D eigenvalue weighted by Crippen LogP contribution is 2.32. The number of rotatable bonds is 5. The third-order valence-corrected chi connectivity index (χ3v) is 4.41. The standard InChI is InChI=1S/C16H25ClN2/c1-3-13-8-5-6-11-19(13)16-10-7-9-15(17)14(16)12-18-4-2/h7,9-10,13,18H,3-6,8,11-12H2,1-2H3. The first-order valence-electron chi connectivity index (χ1n) is 7.52. The summed E-state index contributed by atoms with van der Waals surface area (Å²) in [7, 11) is 0. The summed E-state index contributed by atoms with van der Waals surface area (Å²) in [5.41, 5.74) is 2.59. The first-order valence-corrected chi connectivity index (χ1v) is 7.90. The summed E-state index contributed by atoms with van der Waals surface area (Å²) in [5.74, 6) is 0. The predicted octanol–water partition coefficient (Wildman–Crippen LogP) is 4.22. The molecule has 1 fully saturated rings. The molecular weight excluding hydrogens is 256 g/mol. The Bertz CT molecular complexity index is 406. The summed E-state index contributed by atoms with van der Waals surface area (Å²) >= 11 is 6.41. The van der Waals surface area contributed by atoms with Crippen molar-refractivity contribution in [2.24, 2.45) is 0 Å². The van der Waals surface area contributed by atoms with Gasteiger partial charge in [0.1, 0.15) is 0 Å². The lowest BCUT2D eigenvalue weighted by Gasteiger charge is -2.38. The zero-order valence-corrected chi connectivity index (χ0v) is 12.8. The van der Waals surface area contributed by atoms with Crippen LogP contribution in [0.4, 0.5) is 5.69 Å². The minimum atomic E-state index is 0.674. The number of halogens is 1. The maximum atomic E-state index is 6.41. The van der Waals surface area contributed by atoms with Gasteiger partial charge in [-0.15, -0.1) is 0 Å². The summed E-state index contributed by atoms with van der Waals surface area (Å²) < 4.78 is 0. The molecule has 2 nitrogen and oxygen atoms in total. The van der Waals surface area contributed by atoms with E-state index in [1.165, 1.54) is 36.9 Å². The second kappa shape index (κ2) is 7.16. The molecule has 1 aliphatic rings. The van der Waals surface area contributed by atoms with Crippen LogP contribution in [0.15, 0.2) is 18.2 Å². The molecule has 0 radical (unpaired) electrons. The minimum absolute atomic E-state index is 0.674. The number of benzene rings is 1. The maximum Gasteiger partial charge on any atom is 0.0471 e. The molecule has 1 N–H and O–H groups in total. The fourth-order valence-electron chi connectivity index (χ4n) is 2.98. The third kappa shape index (κ3) is 3.43. The Morgan fingerprint density at radius 3 is 2.89 bits per heavy atom. The molecule has 1 saturated heterocycles. The highest BCUT2D eigenvalue weighted by Gasteiger charge is 2.23. The lowest BCUT2D eigenvalue weighted by atomic mass is 9.98. The normalized spacial score (nSPS) is 19.7. The Kier molecular flexibility index (Phi) is 5.53. The minimum Gasteiger partial charge on any atom is -0.368 e. The maximum absolute atomic E-state index is 6.41. The molecule has 1 unspecified atom stereocenters. The summed E-state index contributed by atoms with van der Waals surface area (Å²) in [6.45, 7) is 7.42. The van der Waals surface area contributed by atoms with Gasteiger partial charge < -0.3 is 10.2 Å². The van der Waals surface area contributed by atoms with Crippen molar-refractivity contribution < 1.29 is 0 Å². The average molecular weight is 281 g/mol. The quantitative estimate of drug-likeness (QED) is 0.869. The molecule has 0 aliphatic carbocycles. The number of hydrogen-bond acceptors (Lipinski definition) is 2. The van der Waals surface area contributed by atoms with Gasteiger partial charge >= 0.3 is 0 Å². The zero-order valence-electron chi connectivity index (χ0n) is 12.1. The van der Waals surface area contributed by atoms with E-state index in [4.69, 9.17) is 11.6 Å². The Labute approximate surface area is 122 Å². The number of anilines is 1. The Hall–Kier alpha value is -0.730. The van der Waals surface area contributed by atoms with Crippen LogP contribution in [-0.2, 0) is 6.54 Å². The lowest BCUT2D eigenvalue weighted by molar-refractivity contribution is 0.448. The highest BCUT2D eigenvalue weighted by atomic mass is 35.5. The molecular formula is C16H25ClN2. The van der Waals surface area contributed by atoms with Crippen molar-refractivity contribution in [1.82, 2.24) is 5.32 Å². The van der Waals surface area contributed by atoms with Gasteiger partial charge in [-0.2, -0.15) is 0 Å². The molecule has 1 aromatic carbocycles. The second-order valence-electron chi connectivity index (χ2n) is 5.27. The highest BCUT2D eigenvalue weighted by molar-refractivity contribution is 6.31. The fourth-order valence-corrected chi connectivity index (χ4v) is 3.22. The molecule has 106 valence electrons. The number of nitrogens with zero attached hydrogens (tertiary/aromatic N) is 1. The molecule has 1 aromatic rings. The summed E-state index contributed by atoms with van der Waals surface area (Å²) in [6.07, 6.45) is 5.18. The van der Waals surface area contributed by atoms with Gasteiger partial charge in [-0.1, -0.05) is 31.5 Å². The first-order chi connectivity index (χ1) is 9.27. The molecule has 2 rings (SSSR count). The van der Waals surface area contributed by atoms with Gasteiger partial charge in [0.05, 0.1) is 0 Å².